The van der Waals surface area contributed by atoms with Gasteiger partial charge >= 0.3 is 0 Å². The van der Waals surface area contributed by atoms with Crippen LogP contribution in [0.2, 0.25) is 10.0 Å². The average Bonchev–Trinajstić information content (AvgIpc) is 3.33. The Labute approximate surface area is 217 Å². The van der Waals surface area contributed by atoms with Crippen molar-refractivity contribution >= 4 is 41.2 Å². The van der Waals surface area contributed by atoms with Crippen LogP contribution in [0, 0.1) is 0 Å². The van der Waals surface area contributed by atoms with Gasteiger partial charge < -0.3 is 10.1 Å². The van der Waals surface area contributed by atoms with Crippen LogP contribution in [0.15, 0.2) is 84.1 Å². The van der Waals surface area contributed by atoms with Crippen molar-refractivity contribution < 1.29 is 14.3 Å². The van der Waals surface area contributed by atoms with Gasteiger partial charge in [0.15, 0.2) is 0 Å². The van der Waals surface area contributed by atoms with Crippen molar-refractivity contribution in [1.29, 1.82) is 0 Å². The molecule has 0 saturated heterocycles. The van der Waals surface area contributed by atoms with E-state index in [0.717, 1.165) is 17.0 Å². The van der Waals surface area contributed by atoms with Crippen molar-refractivity contribution in [1.82, 2.24) is 20.5 Å². The lowest BCUT2D eigenvalue weighted by molar-refractivity contribution is -0.120. The zero-order valence-electron chi connectivity index (χ0n) is 19.1. The number of hydrogen-bond acceptors (Lipinski definition) is 5. The summed E-state index contributed by atoms with van der Waals surface area (Å²) in [7, 11) is 1.60. The first-order chi connectivity index (χ1) is 17.4. The SMILES string of the molecule is COc1ccc(-c2nn(-c3ccccc3)cc2/C=N/NC(=O)CNC(=O)c2ccc(Cl)c(Cl)c2)cc1. The predicted octanol–water partition coefficient (Wildman–Crippen LogP) is 4.73. The number of rotatable bonds is 8. The first-order valence-electron chi connectivity index (χ1n) is 10.8. The van der Waals surface area contributed by atoms with Gasteiger partial charge in [-0.3, -0.25) is 9.59 Å². The highest BCUT2D eigenvalue weighted by Crippen LogP contribution is 2.25. The molecule has 4 aromatic rings. The van der Waals surface area contributed by atoms with Gasteiger partial charge in [0, 0.05) is 22.9 Å². The van der Waals surface area contributed by atoms with Crippen molar-refractivity contribution in [3.05, 3.63) is 100 Å². The summed E-state index contributed by atoms with van der Waals surface area (Å²) in [6.07, 6.45) is 3.32. The van der Waals surface area contributed by atoms with E-state index in [2.05, 4.69) is 15.8 Å². The van der Waals surface area contributed by atoms with Crippen LogP contribution in [0.5, 0.6) is 5.75 Å². The molecule has 1 heterocycles. The first kappa shape index (κ1) is 25.0. The van der Waals surface area contributed by atoms with E-state index in [1.165, 1.54) is 24.4 Å². The highest BCUT2D eigenvalue weighted by atomic mass is 35.5. The Morgan fingerprint density at radius 2 is 1.78 bits per heavy atom. The molecule has 0 saturated carbocycles. The fourth-order valence-corrected chi connectivity index (χ4v) is 3.58. The van der Waals surface area contributed by atoms with Gasteiger partial charge in [-0.2, -0.15) is 10.2 Å². The van der Waals surface area contributed by atoms with E-state index in [1.807, 2.05) is 60.8 Å². The molecule has 0 atom stereocenters. The lowest BCUT2D eigenvalue weighted by Gasteiger charge is -2.05. The van der Waals surface area contributed by atoms with Crippen LogP contribution in [0.3, 0.4) is 0 Å². The maximum Gasteiger partial charge on any atom is 0.259 e. The Morgan fingerprint density at radius 3 is 2.47 bits per heavy atom. The fourth-order valence-electron chi connectivity index (χ4n) is 3.28. The maximum atomic E-state index is 12.2. The second-order valence-corrected chi connectivity index (χ2v) is 8.36. The molecule has 8 nitrogen and oxygen atoms in total. The number of nitrogens with zero attached hydrogens (tertiary/aromatic N) is 3. The Bertz CT molecular complexity index is 1400. The molecule has 182 valence electrons. The van der Waals surface area contributed by atoms with Crippen LogP contribution < -0.4 is 15.5 Å². The molecule has 0 aliphatic carbocycles. The summed E-state index contributed by atoms with van der Waals surface area (Å²) in [5, 5.41) is 11.9. The minimum absolute atomic E-state index is 0.252. The summed E-state index contributed by atoms with van der Waals surface area (Å²) >= 11 is 11.8. The molecule has 2 N–H and O–H groups in total. The smallest absolute Gasteiger partial charge is 0.259 e. The molecule has 36 heavy (non-hydrogen) atoms. The molecule has 1 aromatic heterocycles. The second-order valence-electron chi connectivity index (χ2n) is 7.55. The Hall–Kier alpha value is -4.14. The molecule has 0 radical (unpaired) electrons. The van der Waals surface area contributed by atoms with E-state index >= 15 is 0 Å². The van der Waals surface area contributed by atoms with Crippen molar-refractivity contribution in [2.75, 3.05) is 13.7 Å². The summed E-state index contributed by atoms with van der Waals surface area (Å²) in [6, 6.07) is 21.6. The van der Waals surface area contributed by atoms with E-state index in [4.69, 9.17) is 33.0 Å². The molecule has 0 bridgehead atoms. The van der Waals surface area contributed by atoms with E-state index in [1.54, 1.807) is 11.8 Å². The number of halogens is 2. The molecule has 0 unspecified atom stereocenters. The molecular weight excluding hydrogens is 501 g/mol. The number of carbonyl (C=O) groups is 2. The summed E-state index contributed by atoms with van der Waals surface area (Å²) in [5.74, 6) is -0.230. The number of nitrogens with one attached hydrogen (secondary N) is 2. The summed E-state index contributed by atoms with van der Waals surface area (Å²) < 4.78 is 6.97. The number of hydrogen-bond donors (Lipinski definition) is 2. The van der Waals surface area contributed by atoms with Gasteiger partial charge in [0.25, 0.3) is 11.8 Å². The molecule has 3 aromatic carbocycles. The van der Waals surface area contributed by atoms with Gasteiger partial charge in [-0.05, 0) is 54.6 Å². The third-order valence-corrected chi connectivity index (χ3v) is 5.85. The molecule has 0 aliphatic heterocycles. The predicted molar refractivity (Wildman–Crippen MR) is 140 cm³/mol. The maximum absolute atomic E-state index is 12.2. The van der Waals surface area contributed by atoms with Crippen molar-refractivity contribution in [2.45, 2.75) is 0 Å². The topological polar surface area (TPSA) is 97.6 Å². The molecular formula is C26H21Cl2N5O3. The Balaban J connectivity index is 1.46. The zero-order chi connectivity index (χ0) is 25.5. The van der Waals surface area contributed by atoms with Crippen LogP contribution in [0.1, 0.15) is 15.9 Å². The van der Waals surface area contributed by atoms with E-state index in [-0.39, 0.29) is 17.1 Å². The van der Waals surface area contributed by atoms with Gasteiger partial charge in [0.1, 0.15) is 11.4 Å². The number of methoxy groups -OCH3 is 1. The lowest BCUT2D eigenvalue weighted by Crippen LogP contribution is -2.34. The van der Waals surface area contributed by atoms with Gasteiger partial charge in [0.2, 0.25) is 0 Å². The molecule has 0 spiro atoms. The van der Waals surface area contributed by atoms with E-state index in [0.29, 0.717) is 16.3 Å². The summed E-state index contributed by atoms with van der Waals surface area (Å²) in [4.78, 5) is 24.5. The minimum atomic E-state index is -0.499. The second kappa shape index (κ2) is 11.5. The zero-order valence-corrected chi connectivity index (χ0v) is 20.6. The van der Waals surface area contributed by atoms with Crippen molar-refractivity contribution in [3.63, 3.8) is 0 Å². The number of carbonyl (C=O) groups excluding carboxylic acids is 2. The molecule has 4 rings (SSSR count). The number of aromatic nitrogens is 2. The average molecular weight is 522 g/mol. The summed E-state index contributed by atoms with van der Waals surface area (Å²) in [5.41, 5.74) is 5.79. The normalized spacial score (nSPS) is 10.9. The Morgan fingerprint density at radius 1 is 1.03 bits per heavy atom. The third kappa shape index (κ3) is 6.10. The van der Waals surface area contributed by atoms with Crippen LogP contribution in [0.4, 0.5) is 0 Å². The van der Waals surface area contributed by atoms with E-state index in [9.17, 15) is 9.59 Å². The van der Waals surface area contributed by atoms with Crippen LogP contribution in [-0.4, -0.2) is 41.5 Å². The monoisotopic (exact) mass is 521 g/mol. The number of benzene rings is 3. The number of hydrazone groups is 1. The number of ether oxygens (including phenoxy) is 1. The van der Waals surface area contributed by atoms with Gasteiger partial charge in [-0.25, -0.2) is 10.1 Å². The highest BCUT2D eigenvalue weighted by molar-refractivity contribution is 6.42. The summed E-state index contributed by atoms with van der Waals surface area (Å²) in [6.45, 7) is -0.273. The number of amides is 2. The van der Waals surface area contributed by atoms with Gasteiger partial charge in [-0.1, -0.05) is 41.4 Å². The van der Waals surface area contributed by atoms with E-state index < -0.39 is 11.8 Å². The molecule has 0 fully saturated rings. The standard InChI is InChI=1S/C26H21Cl2N5O3/c1-36-21-10-7-17(8-11-21)25-19(16-33(32-25)20-5-3-2-4-6-20)14-30-31-24(34)15-29-26(35)18-9-12-22(27)23(28)13-18/h2-14,16H,15H2,1H3,(H,29,35)(H,31,34)/b30-14+. The molecule has 0 aliphatic rings. The highest BCUT2D eigenvalue weighted by Gasteiger charge is 2.12. The largest absolute Gasteiger partial charge is 0.497 e. The third-order valence-electron chi connectivity index (χ3n) is 5.11. The van der Waals surface area contributed by atoms with Gasteiger partial charge in [0.05, 0.1) is 35.6 Å². The quantitative estimate of drug-likeness (QED) is 0.258. The van der Waals surface area contributed by atoms with Crippen LogP contribution in [-0.2, 0) is 4.79 Å². The molecule has 10 heteroatoms. The van der Waals surface area contributed by atoms with Crippen LogP contribution in [0.25, 0.3) is 16.9 Å². The Kier molecular flexibility index (Phi) is 7.99. The number of para-hydroxylation sites is 1. The van der Waals surface area contributed by atoms with Crippen LogP contribution >= 0.6 is 23.2 Å². The fraction of sp³-hybridized carbons (Fsp3) is 0.0769. The van der Waals surface area contributed by atoms with Crippen molar-refractivity contribution in [2.24, 2.45) is 5.10 Å². The first-order valence-corrected chi connectivity index (χ1v) is 11.5. The lowest BCUT2D eigenvalue weighted by atomic mass is 10.1. The van der Waals surface area contributed by atoms with Gasteiger partial charge in [-0.15, -0.1) is 0 Å². The molecule has 2 amide bonds. The minimum Gasteiger partial charge on any atom is -0.497 e. The van der Waals surface area contributed by atoms with Crippen molar-refractivity contribution in [3.8, 4) is 22.7 Å².